The van der Waals surface area contributed by atoms with Gasteiger partial charge in [0.2, 0.25) is 0 Å². The summed E-state index contributed by atoms with van der Waals surface area (Å²) in [4.78, 5) is 9.05. The van der Waals surface area contributed by atoms with Crippen LogP contribution >= 0.6 is 0 Å². The molecule has 0 aromatic heterocycles. The molecule has 27 heavy (non-hydrogen) atoms. The molecule has 0 radical (unpaired) electrons. The maximum atomic E-state index is 13.9. The molecular formula is C20H34FN5O. The molecule has 7 heteroatoms. The predicted molar refractivity (Wildman–Crippen MR) is 108 cm³/mol. The molecule has 0 amide bonds. The Morgan fingerprint density at radius 2 is 2.04 bits per heavy atom. The van der Waals surface area contributed by atoms with Crippen LogP contribution in [0, 0.1) is 5.82 Å². The van der Waals surface area contributed by atoms with Crippen LogP contribution < -0.4 is 10.6 Å². The number of aliphatic imine (C=N–C) groups is 1. The Kier molecular flexibility index (Phi) is 8.97. The van der Waals surface area contributed by atoms with Crippen LogP contribution in [0.1, 0.15) is 25.0 Å². The molecule has 152 valence electrons. The summed E-state index contributed by atoms with van der Waals surface area (Å²) in [5.41, 5.74) is 1.71. The Labute approximate surface area is 162 Å². The molecule has 0 aliphatic carbocycles. The van der Waals surface area contributed by atoms with Crippen LogP contribution in [0.3, 0.4) is 0 Å². The van der Waals surface area contributed by atoms with Crippen molar-refractivity contribution in [3.63, 3.8) is 0 Å². The number of guanidine groups is 1. The van der Waals surface area contributed by atoms with Gasteiger partial charge in [-0.05, 0) is 45.6 Å². The summed E-state index contributed by atoms with van der Waals surface area (Å²) in [6.45, 7) is 10.5. The molecule has 1 heterocycles. The van der Waals surface area contributed by atoms with Crippen molar-refractivity contribution >= 4 is 5.96 Å². The van der Waals surface area contributed by atoms with E-state index in [1.165, 1.54) is 6.07 Å². The zero-order valence-electron chi connectivity index (χ0n) is 17.1. The topological polar surface area (TPSA) is 52.1 Å². The zero-order chi connectivity index (χ0) is 19.6. The van der Waals surface area contributed by atoms with E-state index < -0.39 is 0 Å². The van der Waals surface area contributed by atoms with Crippen molar-refractivity contribution in [2.24, 2.45) is 4.99 Å². The van der Waals surface area contributed by atoms with Crippen molar-refractivity contribution in [2.75, 3.05) is 53.5 Å². The lowest BCUT2D eigenvalue weighted by Crippen LogP contribution is -2.49. The second-order valence-electron chi connectivity index (χ2n) is 7.24. The average Bonchev–Trinajstić information content (AvgIpc) is 2.66. The molecule has 0 spiro atoms. The summed E-state index contributed by atoms with van der Waals surface area (Å²) in [6, 6.07) is 5.65. The van der Waals surface area contributed by atoms with Gasteiger partial charge in [0.1, 0.15) is 5.82 Å². The van der Waals surface area contributed by atoms with Crippen LogP contribution in [0.5, 0.6) is 0 Å². The van der Waals surface area contributed by atoms with Gasteiger partial charge in [0.25, 0.3) is 0 Å². The number of nitrogens with one attached hydrogen (secondary N) is 2. The third kappa shape index (κ3) is 7.44. The number of halogens is 1. The molecule has 1 aromatic carbocycles. The van der Waals surface area contributed by atoms with Crippen molar-refractivity contribution in [3.8, 4) is 0 Å². The monoisotopic (exact) mass is 379 g/mol. The van der Waals surface area contributed by atoms with Crippen molar-refractivity contribution in [1.82, 2.24) is 20.4 Å². The molecule has 1 unspecified atom stereocenters. The van der Waals surface area contributed by atoms with Crippen LogP contribution in [0.4, 0.5) is 4.39 Å². The van der Waals surface area contributed by atoms with E-state index in [0.717, 1.165) is 50.9 Å². The number of nitrogens with zero attached hydrogens (tertiary/aromatic N) is 3. The maximum absolute atomic E-state index is 13.9. The normalized spacial score (nSPS) is 17.2. The first-order valence-electron chi connectivity index (χ1n) is 9.75. The van der Waals surface area contributed by atoms with E-state index >= 15 is 0 Å². The zero-order valence-corrected chi connectivity index (χ0v) is 17.1. The summed E-state index contributed by atoms with van der Waals surface area (Å²) >= 11 is 0. The Balaban J connectivity index is 1.94. The minimum atomic E-state index is -0.166. The van der Waals surface area contributed by atoms with E-state index in [1.807, 2.05) is 25.1 Å². The van der Waals surface area contributed by atoms with Gasteiger partial charge >= 0.3 is 0 Å². The first-order valence-corrected chi connectivity index (χ1v) is 9.75. The number of ether oxygens (including phenoxy) is 1. The summed E-state index contributed by atoms with van der Waals surface area (Å²) < 4.78 is 19.4. The molecule has 2 rings (SSSR count). The lowest BCUT2D eigenvalue weighted by molar-refractivity contribution is 0.0211. The van der Waals surface area contributed by atoms with Gasteiger partial charge in [-0.3, -0.25) is 4.90 Å². The van der Waals surface area contributed by atoms with E-state index in [0.29, 0.717) is 24.7 Å². The fraction of sp³-hybridized carbons (Fsp3) is 0.650. The minimum absolute atomic E-state index is 0.166. The SMILES string of the molecule is CCNC(=NCc1ccc(F)c(CN(C)C)c1)NCC(C)N1CCOCC1. The smallest absolute Gasteiger partial charge is 0.191 e. The Morgan fingerprint density at radius 3 is 2.70 bits per heavy atom. The maximum Gasteiger partial charge on any atom is 0.191 e. The van der Waals surface area contributed by atoms with Crippen molar-refractivity contribution < 1.29 is 9.13 Å². The number of hydrogen-bond donors (Lipinski definition) is 2. The van der Waals surface area contributed by atoms with Gasteiger partial charge in [0, 0.05) is 44.3 Å². The van der Waals surface area contributed by atoms with Gasteiger partial charge in [0.15, 0.2) is 5.96 Å². The molecule has 1 fully saturated rings. The van der Waals surface area contributed by atoms with Crippen molar-refractivity contribution in [2.45, 2.75) is 33.0 Å². The number of rotatable bonds is 8. The molecule has 1 aliphatic heterocycles. The van der Waals surface area contributed by atoms with Crippen LogP contribution in [0.15, 0.2) is 23.2 Å². The molecule has 2 N–H and O–H groups in total. The highest BCUT2D eigenvalue weighted by molar-refractivity contribution is 5.79. The minimum Gasteiger partial charge on any atom is -0.379 e. The molecule has 0 bridgehead atoms. The highest BCUT2D eigenvalue weighted by Gasteiger charge is 2.17. The molecule has 6 nitrogen and oxygen atoms in total. The fourth-order valence-electron chi connectivity index (χ4n) is 3.09. The Morgan fingerprint density at radius 1 is 1.30 bits per heavy atom. The summed E-state index contributed by atoms with van der Waals surface area (Å²) in [5.74, 6) is 0.622. The van der Waals surface area contributed by atoms with E-state index in [9.17, 15) is 4.39 Å². The van der Waals surface area contributed by atoms with Crippen LogP contribution in [-0.4, -0.2) is 75.3 Å². The average molecular weight is 380 g/mol. The molecule has 1 saturated heterocycles. The van der Waals surface area contributed by atoms with E-state index in [1.54, 1.807) is 6.07 Å². The predicted octanol–water partition coefficient (Wildman–Crippen LogP) is 1.66. The van der Waals surface area contributed by atoms with Gasteiger partial charge in [-0.2, -0.15) is 0 Å². The second-order valence-corrected chi connectivity index (χ2v) is 7.24. The first-order chi connectivity index (χ1) is 13.0. The number of hydrogen-bond acceptors (Lipinski definition) is 4. The van der Waals surface area contributed by atoms with E-state index in [2.05, 4.69) is 34.4 Å². The van der Waals surface area contributed by atoms with Crippen LogP contribution in [0.2, 0.25) is 0 Å². The lowest BCUT2D eigenvalue weighted by atomic mass is 10.1. The highest BCUT2D eigenvalue weighted by atomic mass is 19.1. The largest absolute Gasteiger partial charge is 0.379 e. The third-order valence-electron chi connectivity index (χ3n) is 4.59. The van der Waals surface area contributed by atoms with Crippen LogP contribution in [0.25, 0.3) is 0 Å². The van der Waals surface area contributed by atoms with Gasteiger partial charge in [-0.15, -0.1) is 0 Å². The standard InChI is InChI=1S/C20H34FN5O/c1-5-22-20(23-13-16(2)26-8-10-27-11-9-26)24-14-17-6-7-19(21)18(12-17)15-25(3)4/h6-7,12,16H,5,8-11,13-15H2,1-4H3,(H2,22,23,24). The third-order valence-corrected chi connectivity index (χ3v) is 4.59. The Hall–Kier alpha value is -1.70. The molecule has 1 aliphatic rings. The van der Waals surface area contributed by atoms with Gasteiger partial charge in [-0.1, -0.05) is 6.07 Å². The van der Waals surface area contributed by atoms with Gasteiger partial charge in [-0.25, -0.2) is 9.38 Å². The van der Waals surface area contributed by atoms with Crippen LogP contribution in [-0.2, 0) is 17.8 Å². The summed E-state index contributed by atoms with van der Waals surface area (Å²) in [5, 5.41) is 6.70. The van der Waals surface area contributed by atoms with E-state index in [4.69, 9.17) is 4.74 Å². The summed E-state index contributed by atoms with van der Waals surface area (Å²) in [7, 11) is 3.88. The molecular weight excluding hydrogens is 345 g/mol. The Bertz CT molecular complexity index is 602. The highest BCUT2D eigenvalue weighted by Crippen LogP contribution is 2.13. The first kappa shape index (κ1) is 21.6. The quantitative estimate of drug-likeness (QED) is 0.532. The fourth-order valence-corrected chi connectivity index (χ4v) is 3.09. The number of morpholine rings is 1. The van der Waals surface area contributed by atoms with Gasteiger partial charge < -0.3 is 20.3 Å². The second kappa shape index (κ2) is 11.2. The summed E-state index contributed by atoms with van der Waals surface area (Å²) in [6.07, 6.45) is 0. The van der Waals surface area contributed by atoms with Crippen molar-refractivity contribution in [1.29, 1.82) is 0 Å². The molecule has 1 atom stereocenters. The van der Waals surface area contributed by atoms with E-state index in [-0.39, 0.29) is 5.82 Å². The van der Waals surface area contributed by atoms with Crippen molar-refractivity contribution in [3.05, 3.63) is 35.1 Å². The van der Waals surface area contributed by atoms with Gasteiger partial charge in [0.05, 0.1) is 19.8 Å². The number of benzene rings is 1. The molecule has 1 aromatic rings. The lowest BCUT2D eigenvalue weighted by Gasteiger charge is -2.32. The molecule has 0 saturated carbocycles.